The molecule has 0 saturated carbocycles. The first-order valence-electron chi connectivity index (χ1n) is 7.36. The summed E-state index contributed by atoms with van der Waals surface area (Å²) in [6, 6.07) is 8.03. The number of nitrogens with zero attached hydrogens (tertiary/aromatic N) is 1. The number of phenolic OH excluding ortho intramolecular Hbond substituents is 1. The van der Waals surface area contributed by atoms with E-state index < -0.39 is 28.3 Å². The van der Waals surface area contributed by atoms with E-state index in [1.165, 1.54) is 12.1 Å². The predicted molar refractivity (Wildman–Crippen MR) is 87.0 cm³/mol. The van der Waals surface area contributed by atoms with Gasteiger partial charge in [0, 0.05) is 19.2 Å². The van der Waals surface area contributed by atoms with Crippen LogP contribution in [0, 0.1) is 10.1 Å². The first kappa shape index (κ1) is 19.0. The van der Waals surface area contributed by atoms with Crippen molar-refractivity contribution in [2.75, 3.05) is 18.4 Å². The largest absolute Gasteiger partial charge is 0.507 e. The van der Waals surface area contributed by atoms with Crippen molar-refractivity contribution < 1.29 is 28.0 Å². The molecule has 3 N–H and O–H groups in total. The van der Waals surface area contributed by atoms with Crippen LogP contribution in [-0.2, 0) is 6.18 Å². The Hall–Kier alpha value is -3.30. The van der Waals surface area contributed by atoms with Crippen molar-refractivity contribution in [3.63, 3.8) is 0 Å². The normalized spacial score (nSPS) is 11.0. The molecule has 10 heteroatoms. The SMILES string of the molecule is O=C(NCCNc1ccc(C(F)(F)F)cc1[N+](=O)[O-])c1ccccc1O. The Morgan fingerprint density at radius 3 is 2.46 bits per heavy atom. The van der Waals surface area contributed by atoms with E-state index in [1.54, 1.807) is 12.1 Å². The van der Waals surface area contributed by atoms with E-state index in [0.717, 1.165) is 12.1 Å². The highest BCUT2D eigenvalue weighted by molar-refractivity contribution is 5.96. The predicted octanol–water partition coefficient (Wildman–Crippen LogP) is 3.16. The summed E-state index contributed by atoms with van der Waals surface area (Å²) >= 11 is 0. The molecule has 1 amide bonds. The Bertz CT molecular complexity index is 825. The molecule has 0 aromatic heterocycles. The molecule has 7 nitrogen and oxygen atoms in total. The van der Waals surface area contributed by atoms with Crippen molar-refractivity contribution in [2.45, 2.75) is 6.18 Å². The molecule has 0 radical (unpaired) electrons. The van der Waals surface area contributed by atoms with E-state index in [-0.39, 0.29) is 30.1 Å². The number of nitro benzene ring substituents is 1. The summed E-state index contributed by atoms with van der Waals surface area (Å²) in [6.45, 7) is 0.0664. The van der Waals surface area contributed by atoms with Gasteiger partial charge in [0.25, 0.3) is 11.6 Å². The van der Waals surface area contributed by atoms with Gasteiger partial charge in [-0.1, -0.05) is 12.1 Å². The van der Waals surface area contributed by atoms with Crippen LogP contribution in [0.25, 0.3) is 0 Å². The fourth-order valence-corrected chi connectivity index (χ4v) is 2.14. The van der Waals surface area contributed by atoms with Gasteiger partial charge in [0.05, 0.1) is 16.1 Å². The highest BCUT2D eigenvalue weighted by Crippen LogP contribution is 2.34. The van der Waals surface area contributed by atoms with Gasteiger partial charge in [0.2, 0.25) is 0 Å². The van der Waals surface area contributed by atoms with E-state index >= 15 is 0 Å². The van der Waals surface area contributed by atoms with Crippen LogP contribution in [-0.4, -0.2) is 29.0 Å². The summed E-state index contributed by atoms with van der Waals surface area (Å²) < 4.78 is 37.9. The lowest BCUT2D eigenvalue weighted by Gasteiger charge is -2.11. The van der Waals surface area contributed by atoms with Crippen molar-refractivity contribution in [2.24, 2.45) is 0 Å². The van der Waals surface area contributed by atoms with E-state index in [4.69, 9.17) is 0 Å². The van der Waals surface area contributed by atoms with Gasteiger partial charge < -0.3 is 15.7 Å². The van der Waals surface area contributed by atoms with Crippen LogP contribution in [0.2, 0.25) is 0 Å². The van der Waals surface area contributed by atoms with Crippen molar-refractivity contribution >= 4 is 17.3 Å². The van der Waals surface area contributed by atoms with Crippen molar-refractivity contribution in [1.29, 1.82) is 0 Å². The highest BCUT2D eigenvalue weighted by atomic mass is 19.4. The molecule has 2 aromatic carbocycles. The van der Waals surface area contributed by atoms with E-state index in [9.17, 15) is 33.2 Å². The van der Waals surface area contributed by atoms with Gasteiger partial charge in [-0.3, -0.25) is 14.9 Å². The average molecular weight is 369 g/mol. The van der Waals surface area contributed by atoms with Gasteiger partial charge in [-0.2, -0.15) is 13.2 Å². The third-order valence-corrected chi connectivity index (χ3v) is 3.40. The zero-order chi connectivity index (χ0) is 19.3. The van der Waals surface area contributed by atoms with Crippen molar-refractivity contribution in [3.8, 4) is 5.75 Å². The molecule has 138 valence electrons. The van der Waals surface area contributed by atoms with Gasteiger partial charge in [0.1, 0.15) is 11.4 Å². The van der Waals surface area contributed by atoms with E-state index in [2.05, 4.69) is 10.6 Å². The number of phenols is 1. The molecule has 0 saturated heterocycles. The number of halogens is 3. The lowest BCUT2D eigenvalue weighted by atomic mass is 10.1. The molecule has 2 aromatic rings. The van der Waals surface area contributed by atoms with Crippen LogP contribution in [0.3, 0.4) is 0 Å². The summed E-state index contributed by atoms with van der Waals surface area (Å²) in [5.74, 6) is -0.747. The molecular weight excluding hydrogens is 355 g/mol. The molecule has 0 aliphatic heterocycles. The molecule has 0 spiro atoms. The molecule has 0 atom stereocenters. The lowest BCUT2D eigenvalue weighted by molar-refractivity contribution is -0.384. The zero-order valence-corrected chi connectivity index (χ0v) is 13.2. The maximum atomic E-state index is 12.6. The van der Waals surface area contributed by atoms with Gasteiger partial charge in [-0.25, -0.2) is 0 Å². The van der Waals surface area contributed by atoms with Crippen LogP contribution in [0.4, 0.5) is 24.5 Å². The summed E-state index contributed by atoms with van der Waals surface area (Å²) in [5.41, 5.74) is -1.87. The summed E-state index contributed by atoms with van der Waals surface area (Å²) in [7, 11) is 0. The molecule has 26 heavy (non-hydrogen) atoms. The Balaban J connectivity index is 1.98. The van der Waals surface area contributed by atoms with E-state index in [1.807, 2.05) is 0 Å². The Morgan fingerprint density at radius 2 is 1.85 bits per heavy atom. The number of aromatic hydroxyl groups is 1. The molecule has 2 rings (SSSR count). The third-order valence-electron chi connectivity index (χ3n) is 3.40. The molecule has 0 fully saturated rings. The summed E-state index contributed by atoms with van der Waals surface area (Å²) in [5, 5.41) is 25.6. The van der Waals surface area contributed by atoms with Crippen LogP contribution < -0.4 is 10.6 Å². The van der Waals surface area contributed by atoms with Crippen molar-refractivity contribution in [3.05, 3.63) is 63.7 Å². The van der Waals surface area contributed by atoms with Crippen molar-refractivity contribution in [1.82, 2.24) is 5.32 Å². The second kappa shape index (κ2) is 7.72. The number of rotatable bonds is 6. The number of benzene rings is 2. The molecule has 0 heterocycles. The highest BCUT2D eigenvalue weighted by Gasteiger charge is 2.32. The standard InChI is InChI=1S/C16H14F3N3O4/c17-16(18,19)10-5-6-12(13(9-10)22(25)26)20-7-8-21-15(24)11-3-1-2-4-14(11)23/h1-6,9,20,23H,7-8H2,(H,21,24). The molecule has 0 bridgehead atoms. The molecule has 0 aliphatic carbocycles. The number of nitro groups is 1. The number of carbonyl (C=O) groups excluding carboxylic acids is 1. The van der Waals surface area contributed by atoms with Crippen LogP contribution >= 0.6 is 0 Å². The quantitative estimate of drug-likeness (QED) is 0.412. The summed E-state index contributed by atoms with van der Waals surface area (Å²) in [6.07, 6.45) is -4.69. The monoisotopic (exact) mass is 369 g/mol. The first-order valence-corrected chi connectivity index (χ1v) is 7.36. The van der Waals surface area contributed by atoms with Gasteiger partial charge in [-0.05, 0) is 24.3 Å². The van der Waals surface area contributed by atoms with E-state index in [0.29, 0.717) is 6.07 Å². The topological polar surface area (TPSA) is 104 Å². The molecule has 0 unspecified atom stereocenters. The second-order valence-corrected chi connectivity index (χ2v) is 5.19. The number of nitrogens with one attached hydrogen (secondary N) is 2. The van der Waals surface area contributed by atoms with Crippen LogP contribution in [0.5, 0.6) is 5.75 Å². The Morgan fingerprint density at radius 1 is 1.15 bits per heavy atom. The number of hydrogen-bond acceptors (Lipinski definition) is 5. The first-order chi connectivity index (χ1) is 12.2. The zero-order valence-electron chi connectivity index (χ0n) is 13.2. The number of carbonyl (C=O) groups is 1. The van der Waals surface area contributed by atoms with Crippen LogP contribution in [0.1, 0.15) is 15.9 Å². The maximum Gasteiger partial charge on any atom is 0.416 e. The molecular formula is C16H14F3N3O4. The van der Waals surface area contributed by atoms with Gasteiger partial charge in [0.15, 0.2) is 0 Å². The minimum atomic E-state index is -4.69. The van der Waals surface area contributed by atoms with Crippen LogP contribution in [0.15, 0.2) is 42.5 Å². The summed E-state index contributed by atoms with van der Waals surface area (Å²) in [4.78, 5) is 21.9. The second-order valence-electron chi connectivity index (χ2n) is 5.19. The Kier molecular flexibility index (Phi) is 5.65. The average Bonchev–Trinajstić information content (AvgIpc) is 2.58. The third kappa shape index (κ3) is 4.62. The molecule has 0 aliphatic rings. The minimum absolute atomic E-state index is 0.0331. The maximum absolute atomic E-state index is 12.6. The van der Waals surface area contributed by atoms with Gasteiger partial charge in [-0.15, -0.1) is 0 Å². The number of hydrogen-bond donors (Lipinski definition) is 3. The number of anilines is 1. The number of para-hydroxylation sites is 1. The fraction of sp³-hybridized carbons (Fsp3) is 0.188. The number of amides is 1. The van der Waals surface area contributed by atoms with Gasteiger partial charge >= 0.3 is 6.18 Å². The fourth-order valence-electron chi connectivity index (χ4n) is 2.14. The lowest BCUT2D eigenvalue weighted by Crippen LogP contribution is -2.28. The number of alkyl halides is 3. The Labute approximate surface area is 145 Å². The smallest absolute Gasteiger partial charge is 0.416 e. The minimum Gasteiger partial charge on any atom is -0.507 e.